The van der Waals surface area contributed by atoms with Crippen LogP contribution >= 0.6 is 11.6 Å². The predicted octanol–water partition coefficient (Wildman–Crippen LogP) is 5.50. The van der Waals surface area contributed by atoms with E-state index >= 15 is 0 Å². The number of carbonyl (C=O) groups excluding carboxylic acids is 1. The maximum absolute atomic E-state index is 13.3. The largest absolute Gasteiger partial charge is 0.495 e. The minimum Gasteiger partial charge on any atom is -0.495 e. The second kappa shape index (κ2) is 11.5. The molecule has 35 heavy (non-hydrogen) atoms. The second-order valence-corrected chi connectivity index (χ2v) is 8.17. The molecule has 2 aromatic carbocycles. The Morgan fingerprint density at radius 1 is 1.06 bits per heavy atom. The van der Waals surface area contributed by atoms with Crippen LogP contribution in [0, 0.1) is 5.82 Å². The van der Waals surface area contributed by atoms with E-state index in [2.05, 4.69) is 15.6 Å². The van der Waals surface area contributed by atoms with E-state index in [9.17, 15) is 22.4 Å². The number of halogens is 5. The van der Waals surface area contributed by atoms with E-state index in [1.54, 1.807) is 18.2 Å². The van der Waals surface area contributed by atoms with Gasteiger partial charge in [-0.3, -0.25) is 9.78 Å². The molecule has 1 heterocycles. The molecule has 10 heteroatoms. The van der Waals surface area contributed by atoms with Gasteiger partial charge in [0.25, 0.3) is 0 Å². The average Bonchev–Trinajstić information content (AvgIpc) is 2.84. The van der Waals surface area contributed by atoms with Gasteiger partial charge in [0.05, 0.1) is 12.1 Å². The third-order valence-corrected chi connectivity index (χ3v) is 5.86. The number of hydrogen-bond acceptors (Lipinski definition) is 4. The summed E-state index contributed by atoms with van der Waals surface area (Å²) < 4.78 is 57.7. The molecule has 0 radical (unpaired) electrons. The Morgan fingerprint density at radius 2 is 1.71 bits per heavy atom. The number of nitrogens with one attached hydrogen (secondary N) is 2. The van der Waals surface area contributed by atoms with Crippen LogP contribution in [0.3, 0.4) is 0 Å². The zero-order valence-electron chi connectivity index (χ0n) is 19.0. The molecular formula is C25H24ClF4N3O2. The van der Waals surface area contributed by atoms with Crippen LogP contribution in [0.25, 0.3) is 0 Å². The van der Waals surface area contributed by atoms with Crippen molar-refractivity contribution in [3.63, 3.8) is 0 Å². The van der Waals surface area contributed by atoms with Crippen LogP contribution in [-0.2, 0) is 11.0 Å². The highest BCUT2D eigenvalue weighted by molar-refractivity contribution is 6.32. The number of ether oxygens (including phenoxy) is 1. The molecule has 0 aliphatic heterocycles. The monoisotopic (exact) mass is 509 g/mol. The van der Waals surface area contributed by atoms with Crippen LogP contribution in [0.15, 0.2) is 60.8 Å². The van der Waals surface area contributed by atoms with Gasteiger partial charge < -0.3 is 15.4 Å². The summed E-state index contributed by atoms with van der Waals surface area (Å²) in [5, 5.41) is 6.14. The fourth-order valence-corrected chi connectivity index (χ4v) is 3.93. The predicted molar refractivity (Wildman–Crippen MR) is 125 cm³/mol. The highest BCUT2D eigenvalue weighted by Crippen LogP contribution is 2.35. The molecule has 3 aromatic rings. The van der Waals surface area contributed by atoms with Crippen molar-refractivity contribution in [3.05, 3.63) is 94.0 Å². The van der Waals surface area contributed by atoms with Gasteiger partial charge in [0, 0.05) is 19.2 Å². The van der Waals surface area contributed by atoms with Gasteiger partial charge in [-0.1, -0.05) is 35.9 Å². The van der Waals surface area contributed by atoms with Gasteiger partial charge in [-0.05, 0) is 60.0 Å². The fourth-order valence-electron chi connectivity index (χ4n) is 3.73. The first-order chi connectivity index (χ1) is 16.6. The first kappa shape index (κ1) is 26.4. The highest BCUT2D eigenvalue weighted by atomic mass is 35.5. The van der Waals surface area contributed by atoms with Gasteiger partial charge in [0.15, 0.2) is 0 Å². The number of pyridine rings is 1. The smallest absolute Gasteiger partial charge is 0.433 e. The van der Waals surface area contributed by atoms with Gasteiger partial charge in [0.2, 0.25) is 5.91 Å². The Labute approximate surface area is 205 Å². The molecule has 0 unspecified atom stereocenters. The van der Waals surface area contributed by atoms with Crippen LogP contribution in [0.2, 0.25) is 5.02 Å². The standard InChI is InChI=1S/C25H24ClF4N3O2/c1-31-24(34)23(15-3-7-18(27)8-4-15)32-12-11-19(16-5-9-20(26)21(13-16)35-2)17-6-10-22(33-14-17)25(28,29)30/h3-10,13-14,19,23,32H,11-12H2,1-2H3,(H,31,34)/t19-,23-/m1/s1. The number of amides is 1. The van der Waals surface area contributed by atoms with Crippen LogP contribution in [-0.4, -0.2) is 31.6 Å². The van der Waals surface area contributed by atoms with Crippen molar-refractivity contribution in [2.45, 2.75) is 24.6 Å². The lowest BCUT2D eigenvalue weighted by molar-refractivity contribution is -0.141. The van der Waals surface area contributed by atoms with E-state index in [1.807, 2.05) is 0 Å². The summed E-state index contributed by atoms with van der Waals surface area (Å²) in [6.45, 7) is 0.312. The van der Waals surface area contributed by atoms with Gasteiger partial charge in [0.1, 0.15) is 23.3 Å². The summed E-state index contributed by atoms with van der Waals surface area (Å²) in [5.41, 5.74) is 0.907. The van der Waals surface area contributed by atoms with Crippen molar-refractivity contribution < 1.29 is 27.1 Å². The Morgan fingerprint density at radius 3 is 2.29 bits per heavy atom. The van der Waals surface area contributed by atoms with Gasteiger partial charge in [-0.2, -0.15) is 13.2 Å². The summed E-state index contributed by atoms with van der Waals surface area (Å²) in [4.78, 5) is 16.0. The van der Waals surface area contributed by atoms with Crippen LogP contribution in [0.5, 0.6) is 5.75 Å². The van der Waals surface area contributed by atoms with Gasteiger partial charge in [-0.25, -0.2) is 4.39 Å². The first-order valence-corrected chi connectivity index (χ1v) is 11.1. The number of nitrogens with zero attached hydrogens (tertiary/aromatic N) is 1. The second-order valence-electron chi connectivity index (χ2n) is 7.76. The molecule has 2 atom stereocenters. The number of methoxy groups -OCH3 is 1. The van der Waals surface area contributed by atoms with Crippen molar-refractivity contribution >= 4 is 17.5 Å². The molecule has 0 spiro atoms. The molecule has 1 aromatic heterocycles. The van der Waals surface area contributed by atoms with Gasteiger partial charge >= 0.3 is 6.18 Å². The maximum atomic E-state index is 13.3. The summed E-state index contributed by atoms with van der Waals surface area (Å²) in [6, 6.07) is 12.3. The van der Waals surface area contributed by atoms with E-state index < -0.39 is 23.7 Å². The number of benzene rings is 2. The molecule has 0 bridgehead atoms. The third-order valence-electron chi connectivity index (χ3n) is 5.55. The van der Waals surface area contributed by atoms with Crippen LogP contribution in [0.4, 0.5) is 17.6 Å². The maximum Gasteiger partial charge on any atom is 0.433 e. The van der Waals surface area contributed by atoms with E-state index in [0.717, 1.165) is 11.6 Å². The lowest BCUT2D eigenvalue weighted by Gasteiger charge is -2.22. The molecule has 186 valence electrons. The third kappa shape index (κ3) is 6.70. The fraction of sp³-hybridized carbons (Fsp3) is 0.280. The van der Waals surface area contributed by atoms with Crippen molar-refractivity contribution in [2.24, 2.45) is 0 Å². The topological polar surface area (TPSA) is 63.2 Å². The number of likely N-dealkylation sites (N-methyl/N-ethyl adjacent to an activating group) is 1. The molecule has 3 rings (SSSR count). The zero-order chi connectivity index (χ0) is 25.6. The lowest BCUT2D eigenvalue weighted by atomic mass is 9.89. The van der Waals surface area contributed by atoms with Crippen LogP contribution < -0.4 is 15.4 Å². The quantitative estimate of drug-likeness (QED) is 0.374. The molecule has 0 saturated carbocycles. The zero-order valence-corrected chi connectivity index (χ0v) is 19.8. The number of rotatable bonds is 9. The van der Waals surface area contributed by atoms with Crippen molar-refractivity contribution in [1.82, 2.24) is 15.6 Å². The summed E-state index contributed by atoms with van der Waals surface area (Å²) in [7, 11) is 2.97. The minimum atomic E-state index is -4.55. The first-order valence-electron chi connectivity index (χ1n) is 10.7. The van der Waals surface area contributed by atoms with E-state index in [-0.39, 0.29) is 11.8 Å². The number of aromatic nitrogens is 1. The number of carbonyl (C=O) groups is 1. The summed E-state index contributed by atoms with van der Waals surface area (Å²) >= 11 is 6.15. The van der Waals surface area contributed by atoms with E-state index in [0.29, 0.717) is 34.9 Å². The molecule has 1 amide bonds. The molecule has 2 N–H and O–H groups in total. The molecule has 0 aliphatic rings. The Hall–Kier alpha value is -3.17. The Kier molecular flexibility index (Phi) is 8.69. The van der Waals surface area contributed by atoms with E-state index in [4.69, 9.17) is 16.3 Å². The van der Waals surface area contributed by atoms with Crippen LogP contribution in [0.1, 0.15) is 40.8 Å². The average molecular weight is 510 g/mol. The van der Waals surface area contributed by atoms with E-state index in [1.165, 1.54) is 50.7 Å². The molecule has 5 nitrogen and oxygen atoms in total. The highest BCUT2D eigenvalue weighted by Gasteiger charge is 2.32. The van der Waals surface area contributed by atoms with Crippen molar-refractivity contribution in [1.29, 1.82) is 0 Å². The lowest BCUT2D eigenvalue weighted by Crippen LogP contribution is -2.36. The summed E-state index contributed by atoms with van der Waals surface area (Å²) in [6.07, 6.45) is -2.94. The molecule has 0 aliphatic carbocycles. The van der Waals surface area contributed by atoms with Crippen molar-refractivity contribution in [3.8, 4) is 5.75 Å². The Bertz CT molecular complexity index is 1140. The normalized spacial score (nSPS) is 13.2. The summed E-state index contributed by atoms with van der Waals surface area (Å²) in [5.74, 6) is -0.674. The van der Waals surface area contributed by atoms with Gasteiger partial charge in [-0.15, -0.1) is 0 Å². The van der Waals surface area contributed by atoms with Crippen molar-refractivity contribution in [2.75, 3.05) is 20.7 Å². The molecule has 0 fully saturated rings. The Balaban J connectivity index is 1.87. The minimum absolute atomic E-state index is 0.308. The molecular weight excluding hydrogens is 486 g/mol. The number of alkyl halides is 3. The number of hydrogen-bond donors (Lipinski definition) is 2. The SMILES string of the molecule is CNC(=O)[C@H](NCC[C@@H](c1ccc(C(F)(F)F)nc1)c1ccc(Cl)c(OC)c1)c1ccc(F)cc1. The molecule has 0 saturated heterocycles.